The van der Waals surface area contributed by atoms with E-state index in [9.17, 15) is 14.4 Å². The van der Waals surface area contributed by atoms with E-state index in [2.05, 4.69) is 9.97 Å². The molecule has 8 nitrogen and oxygen atoms in total. The molecule has 1 rings (SSSR count). The summed E-state index contributed by atoms with van der Waals surface area (Å²) in [4.78, 5) is 37.4. The summed E-state index contributed by atoms with van der Waals surface area (Å²) in [6.07, 6.45) is 1.04. The predicted octanol–water partition coefficient (Wildman–Crippen LogP) is -1.62. The van der Waals surface area contributed by atoms with Gasteiger partial charge in [0, 0.05) is 0 Å². The summed E-state index contributed by atoms with van der Waals surface area (Å²) in [6.45, 7) is 0. The number of aromatic nitrogens is 2. The number of hydrogen-bond acceptors (Lipinski definition) is 5. The van der Waals surface area contributed by atoms with Gasteiger partial charge < -0.3 is 21.1 Å². The van der Waals surface area contributed by atoms with Crippen molar-refractivity contribution in [3.05, 3.63) is 16.7 Å². The highest BCUT2D eigenvalue weighted by atomic mass is 16.4. The number of anilines is 2. The van der Waals surface area contributed by atoms with Crippen LogP contribution in [-0.4, -0.2) is 27.0 Å². The van der Waals surface area contributed by atoms with Crippen LogP contribution < -0.4 is 16.6 Å². The van der Waals surface area contributed by atoms with Crippen LogP contribution in [0.15, 0.2) is 11.1 Å². The molecule has 0 atom stereocenters. The van der Waals surface area contributed by atoms with E-state index in [-0.39, 0.29) is 11.5 Å². The molecule has 0 spiro atoms. The van der Waals surface area contributed by atoms with Gasteiger partial charge >= 0.3 is 11.9 Å². The van der Waals surface area contributed by atoms with Crippen molar-refractivity contribution in [3.63, 3.8) is 0 Å². The third-order valence-corrected chi connectivity index (χ3v) is 1.32. The molecule has 1 aromatic heterocycles. The average Bonchev–Trinajstić information content (AvgIpc) is 2.11. The Morgan fingerprint density at radius 3 is 2.71 bits per heavy atom. The van der Waals surface area contributed by atoms with Crippen LogP contribution in [0.1, 0.15) is 0 Å². The van der Waals surface area contributed by atoms with E-state index in [1.807, 2.05) is 5.32 Å². The van der Waals surface area contributed by atoms with Crippen molar-refractivity contribution in [2.24, 2.45) is 0 Å². The standard InChI is InChI=1S/C6H6N4O4/c7-3-2(4(11)9-1-8-3)10-5(12)6(13)14/h1H,(H,10,12)(H,13,14)(H3,7,8,9,11). The zero-order valence-corrected chi connectivity index (χ0v) is 6.77. The maximum absolute atomic E-state index is 11.0. The fourth-order valence-corrected chi connectivity index (χ4v) is 0.701. The van der Waals surface area contributed by atoms with Crippen molar-refractivity contribution in [3.8, 4) is 0 Å². The Morgan fingerprint density at radius 1 is 1.57 bits per heavy atom. The zero-order valence-electron chi connectivity index (χ0n) is 6.77. The van der Waals surface area contributed by atoms with Crippen LogP contribution in [0.2, 0.25) is 0 Å². The molecule has 0 saturated heterocycles. The molecule has 1 amide bonds. The summed E-state index contributed by atoms with van der Waals surface area (Å²) in [5.74, 6) is -3.31. The normalized spacial score (nSPS) is 9.43. The number of H-pyrrole nitrogens is 1. The number of carbonyl (C=O) groups is 2. The maximum atomic E-state index is 11.0. The number of rotatable bonds is 1. The second-order valence-corrected chi connectivity index (χ2v) is 2.25. The summed E-state index contributed by atoms with van der Waals surface area (Å²) in [5, 5.41) is 10.0. The van der Waals surface area contributed by atoms with Crippen molar-refractivity contribution in [1.82, 2.24) is 9.97 Å². The molecule has 0 aromatic carbocycles. The summed E-state index contributed by atoms with van der Waals surface area (Å²) < 4.78 is 0. The number of carbonyl (C=O) groups excluding carboxylic acids is 1. The molecule has 0 saturated carbocycles. The number of nitrogens with two attached hydrogens (primary N) is 1. The van der Waals surface area contributed by atoms with Gasteiger partial charge in [0.05, 0.1) is 6.33 Å². The first-order valence-corrected chi connectivity index (χ1v) is 3.40. The smallest absolute Gasteiger partial charge is 0.394 e. The van der Waals surface area contributed by atoms with Gasteiger partial charge in [0.25, 0.3) is 5.56 Å². The molecule has 0 bridgehead atoms. The largest absolute Gasteiger partial charge is 0.474 e. The SMILES string of the molecule is Nc1nc[nH]c(=O)c1NC(=O)C(=O)O. The van der Waals surface area contributed by atoms with Crippen LogP contribution >= 0.6 is 0 Å². The molecule has 5 N–H and O–H groups in total. The van der Waals surface area contributed by atoms with E-state index in [0.717, 1.165) is 6.33 Å². The number of nitrogens with zero attached hydrogens (tertiary/aromatic N) is 1. The molecule has 0 aliphatic carbocycles. The van der Waals surface area contributed by atoms with Gasteiger partial charge in [0.1, 0.15) is 0 Å². The Hall–Kier alpha value is -2.38. The van der Waals surface area contributed by atoms with Gasteiger partial charge in [0.15, 0.2) is 11.5 Å². The van der Waals surface area contributed by atoms with E-state index >= 15 is 0 Å². The topological polar surface area (TPSA) is 138 Å². The Kier molecular flexibility index (Phi) is 2.47. The number of carboxylic acids is 1. The van der Waals surface area contributed by atoms with Gasteiger partial charge in [-0.1, -0.05) is 0 Å². The van der Waals surface area contributed by atoms with E-state index in [1.165, 1.54) is 0 Å². The first kappa shape index (κ1) is 9.71. The van der Waals surface area contributed by atoms with Crippen LogP contribution in [0.4, 0.5) is 11.5 Å². The number of carboxylic acid groups (broad SMARTS) is 1. The fraction of sp³-hybridized carbons (Fsp3) is 0. The highest BCUT2D eigenvalue weighted by Gasteiger charge is 2.15. The molecular weight excluding hydrogens is 192 g/mol. The molecular formula is C6H6N4O4. The number of amides is 1. The summed E-state index contributed by atoms with van der Waals surface area (Å²) in [7, 11) is 0. The van der Waals surface area contributed by atoms with Crippen LogP contribution in [0.5, 0.6) is 0 Å². The van der Waals surface area contributed by atoms with E-state index in [0.29, 0.717) is 0 Å². The highest BCUT2D eigenvalue weighted by Crippen LogP contribution is 2.05. The van der Waals surface area contributed by atoms with E-state index < -0.39 is 17.4 Å². The second-order valence-electron chi connectivity index (χ2n) is 2.25. The Bertz CT molecular complexity index is 438. The van der Waals surface area contributed by atoms with Crippen LogP contribution in [0, 0.1) is 0 Å². The van der Waals surface area contributed by atoms with Gasteiger partial charge in [-0.2, -0.15) is 0 Å². The maximum Gasteiger partial charge on any atom is 0.394 e. The lowest BCUT2D eigenvalue weighted by Crippen LogP contribution is -2.27. The lowest BCUT2D eigenvalue weighted by molar-refractivity contribution is -0.147. The quantitative estimate of drug-likeness (QED) is 0.400. The summed E-state index contributed by atoms with van der Waals surface area (Å²) in [6, 6.07) is 0. The summed E-state index contributed by atoms with van der Waals surface area (Å²) in [5.41, 5.74) is 4.14. The van der Waals surface area contributed by atoms with Crippen molar-refractivity contribution >= 4 is 23.4 Å². The van der Waals surface area contributed by atoms with E-state index in [4.69, 9.17) is 10.8 Å². The number of aromatic amines is 1. The van der Waals surface area contributed by atoms with Gasteiger partial charge in [0.2, 0.25) is 0 Å². The predicted molar refractivity (Wildman–Crippen MR) is 45.5 cm³/mol. The minimum absolute atomic E-state index is 0.247. The minimum atomic E-state index is -1.72. The first-order valence-electron chi connectivity index (χ1n) is 3.40. The zero-order chi connectivity index (χ0) is 10.7. The third-order valence-electron chi connectivity index (χ3n) is 1.32. The molecule has 0 aliphatic heterocycles. The van der Waals surface area contributed by atoms with Gasteiger partial charge in [-0.3, -0.25) is 9.59 Å². The Balaban J connectivity index is 3.03. The Labute approximate surface area is 76.8 Å². The van der Waals surface area contributed by atoms with Crippen LogP contribution in [0.3, 0.4) is 0 Å². The number of aliphatic carboxylic acids is 1. The monoisotopic (exact) mass is 198 g/mol. The van der Waals surface area contributed by atoms with E-state index in [1.54, 1.807) is 0 Å². The van der Waals surface area contributed by atoms with Crippen molar-refractivity contribution in [2.45, 2.75) is 0 Å². The lowest BCUT2D eigenvalue weighted by atomic mass is 10.4. The molecule has 0 aliphatic rings. The number of nitrogens with one attached hydrogen (secondary N) is 2. The van der Waals surface area contributed by atoms with Crippen molar-refractivity contribution in [1.29, 1.82) is 0 Å². The average molecular weight is 198 g/mol. The Morgan fingerprint density at radius 2 is 2.21 bits per heavy atom. The molecule has 74 valence electrons. The van der Waals surface area contributed by atoms with Crippen LogP contribution in [-0.2, 0) is 9.59 Å². The fourth-order valence-electron chi connectivity index (χ4n) is 0.701. The lowest BCUT2D eigenvalue weighted by Gasteiger charge is -2.01. The molecule has 0 unspecified atom stereocenters. The second kappa shape index (κ2) is 3.56. The number of hydrogen-bond donors (Lipinski definition) is 4. The van der Waals surface area contributed by atoms with Gasteiger partial charge in [-0.25, -0.2) is 9.78 Å². The minimum Gasteiger partial charge on any atom is -0.474 e. The summed E-state index contributed by atoms with van der Waals surface area (Å²) >= 11 is 0. The third kappa shape index (κ3) is 1.86. The molecule has 1 aromatic rings. The molecule has 14 heavy (non-hydrogen) atoms. The highest BCUT2D eigenvalue weighted by molar-refractivity contribution is 6.36. The molecule has 0 radical (unpaired) electrons. The molecule has 1 heterocycles. The number of nitrogen functional groups attached to an aromatic ring is 1. The first-order chi connectivity index (χ1) is 6.52. The van der Waals surface area contributed by atoms with Crippen molar-refractivity contribution < 1.29 is 14.7 Å². The van der Waals surface area contributed by atoms with Gasteiger partial charge in [-0.15, -0.1) is 0 Å². The van der Waals surface area contributed by atoms with Gasteiger partial charge in [-0.05, 0) is 0 Å². The molecule has 0 fully saturated rings. The molecule has 8 heteroatoms. The van der Waals surface area contributed by atoms with Crippen LogP contribution in [0.25, 0.3) is 0 Å². The van der Waals surface area contributed by atoms with Crippen molar-refractivity contribution in [2.75, 3.05) is 11.1 Å².